The minimum absolute atomic E-state index is 0.132. The minimum Gasteiger partial charge on any atom is -0.372 e. The topological polar surface area (TPSA) is 37.8 Å². The van der Waals surface area contributed by atoms with Crippen molar-refractivity contribution in [2.75, 3.05) is 12.4 Å². The van der Waals surface area contributed by atoms with E-state index in [1.165, 1.54) is 0 Å². The fraction of sp³-hybridized carbons (Fsp3) is 0.333. The predicted octanol–water partition coefficient (Wildman–Crippen LogP) is 5.55. The first-order valence-electron chi connectivity index (χ1n) is 6.46. The molecule has 0 aliphatic carbocycles. The zero-order chi connectivity index (χ0) is 15.8. The number of rotatable bonds is 2. The first-order valence-corrected chi connectivity index (χ1v) is 8.00. The third-order valence-electron chi connectivity index (χ3n) is 2.99. The van der Waals surface area contributed by atoms with Crippen LogP contribution in [0.2, 0.25) is 10.0 Å². The molecule has 3 nitrogen and oxygen atoms in total. The summed E-state index contributed by atoms with van der Waals surface area (Å²) in [6.45, 7) is 6.30. The number of aromatic nitrogens is 2. The molecule has 0 radical (unpaired) electrons. The van der Waals surface area contributed by atoms with Crippen LogP contribution in [0.15, 0.2) is 22.7 Å². The SMILES string of the molecule is CNc1nc(-c2cccc(Cl)c2Cl)nc(C(C)(C)C)c1Br. The summed E-state index contributed by atoms with van der Waals surface area (Å²) >= 11 is 15.9. The largest absolute Gasteiger partial charge is 0.372 e. The zero-order valence-corrected chi connectivity index (χ0v) is 15.4. The smallest absolute Gasteiger partial charge is 0.163 e. The maximum atomic E-state index is 6.29. The second-order valence-electron chi connectivity index (χ2n) is 5.66. The molecule has 1 heterocycles. The van der Waals surface area contributed by atoms with Crippen LogP contribution in [0.25, 0.3) is 11.4 Å². The maximum Gasteiger partial charge on any atom is 0.163 e. The van der Waals surface area contributed by atoms with Crippen LogP contribution in [0.5, 0.6) is 0 Å². The molecule has 2 aromatic rings. The van der Waals surface area contributed by atoms with Crippen molar-refractivity contribution in [1.82, 2.24) is 9.97 Å². The van der Waals surface area contributed by atoms with Crippen LogP contribution < -0.4 is 5.32 Å². The van der Waals surface area contributed by atoms with E-state index >= 15 is 0 Å². The average Bonchev–Trinajstić information content (AvgIpc) is 2.41. The normalized spacial score (nSPS) is 11.6. The number of benzene rings is 1. The Bertz CT molecular complexity index is 681. The second-order valence-corrected chi connectivity index (χ2v) is 7.24. The van der Waals surface area contributed by atoms with Gasteiger partial charge in [0.25, 0.3) is 0 Å². The summed E-state index contributed by atoms with van der Waals surface area (Å²) < 4.78 is 0.861. The third-order valence-corrected chi connectivity index (χ3v) is 4.56. The number of hydrogen-bond acceptors (Lipinski definition) is 3. The molecule has 0 saturated carbocycles. The first kappa shape index (κ1) is 16.5. The van der Waals surface area contributed by atoms with Gasteiger partial charge in [-0.15, -0.1) is 0 Å². The van der Waals surface area contributed by atoms with Gasteiger partial charge < -0.3 is 5.32 Å². The number of nitrogens with one attached hydrogen (secondary N) is 1. The fourth-order valence-electron chi connectivity index (χ4n) is 1.91. The maximum absolute atomic E-state index is 6.29. The number of nitrogens with zero attached hydrogens (tertiary/aromatic N) is 2. The molecule has 21 heavy (non-hydrogen) atoms. The molecular formula is C15H16BrCl2N3. The Hall–Kier alpha value is -0.840. The van der Waals surface area contributed by atoms with Gasteiger partial charge in [-0.05, 0) is 28.1 Å². The van der Waals surface area contributed by atoms with Gasteiger partial charge in [0.15, 0.2) is 5.82 Å². The molecule has 1 aromatic heterocycles. The molecule has 1 aromatic carbocycles. The van der Waals surface area contributed by atoms with E-state index < -0.39 is 0 Å². The lowest BCUT2D eigenvalue weighted by atomic mass is 9.91. The molecule has 1 N–H and O–H groups in total. The Morgan fingerprint density at radius 3 is 2.38 bits per heavy atom. The lowest BCUT2D eigenvalue weighted by Gasteiger charge is -2.22. The molecule has 0 saturated heterocycles. The Morgan fingerprint density at radius 2 is 1.81 bits per heavy atom. The predicted molar refractivity (Wildman–Crippen MR) is 93.4 cm³/mol. The molecular weight excluding hydrogens is 373 g/mol. The highest BCUT2D eigenvalue weighted by molar-refractivity contribution is 9.10. The van der Waals surface area contributed by atoms with Gasteiger partial charge in [-0.1, -0.05) is 50.0 Å². The standard InChI is InChI=1S/C15H16BrCl2N3/c1-15(2,3)12-10(16)14(19-4)21-13(20-12)8-6-5-7-9(17)11(8)18/h5-7H,1-4H3,(H,19,20,21). The summed E-state index contributed by atoms with van der Waals surface area (Å²) in [7, 11) is 1.82. The molecule has 0 spiro atoms. The number of anilines is 1. The van der Waals surface area contributed by atoms with E-state index in [1.54, 1.807) is 6.07 Å². The van der Waals surface area contributed by atoms with E-state index in [0.717, 1.165) is 21.5 Å². The van der Waals surface area contributed by atoms with Crippen LogP contribution in [0, 0.1) is 0 Å². The van der Waals surface area contributed by atoms with Gasteiger partial charge in [0.2, 0.25) is 0 Å². The molecule has 0 atom stereocenters. The van der Waals surface area contributed by atoms with Crippen LogP contribution in [0.3, 0.4) is 0 Å². The lowest BCUT2D eigenvalue weighted by Crippen LogP contribution is -2.17. The highest BCUT2D eigenvalue weighted by Gasteiger charge is 2.24. The molecule has 0 bridgehead atoms. The van der Waals surface area contributed by atoms with Crippen LogP contribution in [0.1, 0.15) is 26.5 Å². The Balaban J connectivity index is 2.73. The van der Waals surface area contributed by atoms with Crippen LogP contribution in [-0.2, 0) is 5.41 Å². The van der Waals surface area contributed by atoms with E-state index in [2.05, 4.69) is 52.0 Å². The van der Waals surface area contributed by atoms with Crippen molar-refractivity contribution in [3.63, 3.8) is 0 Å². The third kappa shape index (κ3) is 3.33. The van der Waals surface area contributed by atoms with E-state index in [4.69, 9.17) is 23.2 Å². The molecule has 112 valence electrons. The number of hydrogen-bond donors (Lipinski definition) is 1. The Morgan fingerprint density at radius 1 is 1.14 bits per heavy atom. The zero-order valence-electron chi connectivity index (χ0n) is 12.3. The van der Waals surface area contributed by atoms with Gasteiger partial charge >= 0.3 is 0 Å². The van der Waals surface area contributed by atoms with Crippen molar-refractivity contribution in [2.45, 2.75) is 26.2 Å². The fourth-order valence-corrected chi connectivity index (χ4v) is 3.26. The molecule has 6 heteroatoms. The molecule has 0 amide bonds. The summed E-state index contributed by atoms with van der Waals surface area (Å²) in [5, 5.41) is 4.03. The molecule has 0 fully saturated rings. The van der Waals surface area contributed by atoms with Crippen molar-refractivity contribution >= 4 is 44.9 Å². The van der Waals surface area contributed by atoms with Crippen molar-refractivity contribution in [2.24, 2.45) is 0 Å². The Kier molecular flexibility index (Phi) is 4.81. The van der Waals surface area contributed by atoms with E-state index in [0.29, 0.717) is 15.9 Å². The van der Waals surface area contributed by atoms with Crippen LogP contribution >= 0.6 is 39.1 Å². The van der Waals surface area contributed by atoms with Gasteiger partial charge in [0.05, 0.1) is 20.2 Å². The lowest BCUT2D eigenvalue weighted by molar-refractivity contribution is 0.564. The van der Waals surface area contributed by atoms with Gasteiger partial charge in [-0.2, -0.15) is 0 Å². The minimum atomic E-state index is -0.132. The van der Waals surface area contributed by atoms with Gasteiger partial charge in [0, 0.05) is 18.0 Å². The molecule has 2 rings (SSSR count). The summed E-state index contributed by atoms with van der Waals surface area (Å²) in [5.41, 5.74) is 1.50. The molecule has 0 unspecified atom stereocenters. The van der Waals surface area contributed by atoms with E-state index in [1.807, 2.05) is 19.2 Å². The summed E-state index contributed by atoms with van der Waals surface area (Å²) in [6, 6.07) is 5.45. The first-order chi connectivity index (χ1) is 9.75. The monoisotopic (exact) mass is 387 g/mol. The van der Waals surface area contributed by atoms with E-state index in [-0.39, 0.29) is 5.41 Å². The highest BCUT2D eigenvalue weighted by Crippen LogP contribution is 2.37. The van der Waals surface area contributed by atoms with Crippen LogP contribution in [0.4, 0.5) is 5.82 Å². The Labute approximate surface area is 143 Å². The summed E-state index contributed by atoms with van der Waals surface area (Å²) in [6.07, 6.45) is 0. The second kappa shape index (κ2) is 6.11. The molecule has 0 aliphatic heterocycles. The number of halogens is 3. The summed E-state index contributed by atoms with van der Waals surface area (Å²) in [5.74, 6) is 1.28. The summed E-state index contributed by atoms with van der Waals surface area (Å²) in [4.78, 5) is 9.21. The average molecular weight is 389 g/mol. The van der Waals surface area contributed by atoms with Crippen molar-refractivity contribution in [3.05, 3.63) is 38.4 Å². The quantitative estimate of drug-likeness (QED) is 0.732. The van der Waals surface area contributed by atoms with Crippen molar-refractivity contribution < 1.29 is 0 Å². The van der Waals surface area contributed by atoms with Crippen molar-refractivity contribution in [3.8, 4) is 11.4 Å². The van der Waals surface area contributed by atoms with Crippen molar-refractivity contribution in [1.29, 1.82) is 0 Å². The van der Waals surface area contributed by atoms with E-state index in [9.17, 15) is 0 Å². The molecule has 0 aliphatic rings. The van der Waals surface area contributed by atoms with Gasteiger partial charge in [-0.3, -0.25) is 0 Å². The van der Waals surface area contributed by atoms with Gasteiger partial charge in [-0.25, -0.2) is 9.97 Å². The van der Waals surface area contributed by atoms with Gasteiger partial charge in [0.1, 0.15) is 5.82 Å². The highest BCUT2D eigenvalue weighted by atomic mass is 79.9. The van der Waals surface area contributed by atoms with Crippen LogP contribution in [-0.4, -0.2) is 17.0 Å².